The molecule has 0 saturated carbocycles. The third-order valence-electron chi connectivity index (χ3n) is 3.75. The number of rotatable bonds is 6. The molecule has 6 nitrogen and oxygen atoms in total. The summed E-state index contributed by atoms with van der Waals surface area (Å²) >= 11 is 0. The molecule has 0 spiro atoms. The highest BCUT2D eigenvalue weighted by atomic mass is 16.6. The van der Waals surface area contributed by atoms with Gasteiger partial charge in [-0.1, -0.05) is 0 Å². The van der Waals surface area contributed by atoms with E-state index >= 15 is 0 Å². The lowest BCUT2D eigenvalue weighted by Crippen LogP contribution is -2.16. The minimum absolute atomic E-state index is 0.0711. The second-order valence-corrected chi connectivity index (χ2v) is 5.74. The Morgan fingerprint density at radius 1 is 1.32 bits per heavy atom. The van der Waals surface area contributed by atoms with Crippen molar-refractivity contribution in [1.82, 2.24) is 9.88 Å². The van der Waals surface area contributed by atoms with Crippen LogP contribution in [0.25, 0.3) is 10.9 Å². The third kappa shape index (κ3) is 3.51. The van der Waals surface area contributed by atoms with Crippen molar-refractivity contribution in [2.45, 2.75) is 20.3 Å². The maximum absolute atomic E-state index is 10.9. The first kappa shape index (κ1) is 16.2. The molecular weight excluding hydrogens is 280 g/mol. The summed E-state index contributed by atoms with van der Waals surface area (Å²) < 4.78 is 0. The molecule has 0 fully saturated rings. The lowest BCUT2D eigenvalue weighted by atomic mass is 10.1. The SMILES string of the molecule is Cc1nc2cc([N+](=O)[O-])ccc2c(NCCCN(C)C)c1C. The van der Waals surface area contributed by atoms with Crippen LogP contribution >= 0.6 is 0 Å². The summed E-state index contributed by atoms with van der Waals surface area (Å²) in [7, 11) is 4.10. The number of benzene rings is 1. The lowest BCUT2D eigenvalue weighted by molar-refractivity contribution is -0.384. The summed E-state index contributed by atoms with van der Waals surface area (Å²) in [4.78, 5) is 17.2. The van der Waals surface area contributed by atoms with Crippen LogP contribution in [0.5, 0.6) is 0 Å². The molecule has 1 heterocycles. The zero-order chi connectivity index (χ0) is 16.3. The number of nitrogens with one attached hydrogen (secondary N) is 1. The van der Waals surface area contributed by atoms with E-state index in [9.17, 15) is 10.1 Å². The molecule has 0 bridgehead atoms. The largest absolute Gasteiger partial charge is 0.384 e. The van der Waals surface area contributed by atoms with E-state index in [2.05, 4.69) is 29.3 Å². The van der Waals surface area contributed by atoms with Crippen molar-refractivity contribution in [1.29, 1.82) is 0 Å². The molecule has 0 amide bonds. The second-order valence-electron chi connectivity index (χ2n) is 5.74. The maximum Gasteiger partial charge on any atom is 0.271 e. The third-order valence-corrected chi connectivity index (χ3v) is 3.75. The van der Waals surface area contributed by atoms with Crippen molar-refractivity contribution in [2.75, 3.05) is 32.5 Å². The number of anilines is 1. The minimum Gasteiger partial charge on any atom is -0.384 e. The second kappa shape index (κ2) is 6.70. The van der Waals surface area contributed by atoms with Crippen molar-refractivity contribution in [3.63, 3.8) is 0 Å². The van der Waals surface area contributed by atoms with E-state index in [0.29, 0.717) is 5.52 Å². The summed E-state index contributed by atoms with van der Waals surface area (Å²) in [5, 5.41) is 15.3. The Hall–Kier alpha value is -2.21. The molecule has 1 aromatic carbocycles. The molecule has 6 heteroatoms. The predicted octanol–water partition coefficient (Wildman–Crippen LogP) is 3.12. The van der Waals surface area contributed by atoms with Crippen molar-refractivity contribution < 1.29 is 4.92 Å². The standard InChI is InChI=1S/C16H22N4O2/c1-11-12(2)18-15-10-13(20(21)22)6-7-14(15)16(11)17-8-5-9-19(3)4/h6-7,10H,5,8-9H2,1-4H3,(H,17,18). The van der Waals surface area contributed by atoms with Crippen LogP contribution in [0.2, 0.25) is 0 Å². The molecule has 2 rings (SSSR count). The highest BCUT2D eigenvalue weighted by Gasteiger charge is 2.13. The zero-order valence-corrected chi connectivity index (χ0v) is 13.5. The fourth-order valence-corrected chi connectivity index (χ4v) is 2.42. The number of hydrogen-bond donors (Lipinski definition) is 1. The van der Waals surface area contributed by atoms with E-state index in [-0.39, 0.29) is 10.6 Å². The molecule has 0 aliphatic heterocycles. The molecule has 0 saturated heterocycles. The molecule has 0 unspecified atom stereocenters. The van der Waals surface area contributed by atoms with E-state index in [4.69, 9.17) is 0 Å². The Morgan fingerprint density at radius 3 is 2.68 bits per heavy atom. The molecule has 22 heavy (non-hydrogen) atoms. The van der Waals surface area contributed by atoms with Gasteiger partial charge in [-0.2, -0.15) is 0 Å². The number of hydrogen-bond acceptors (Lipinski definition) is 5. The number of nitro benzene ring substituents is 1. The van der Waals surface area contributed by atoms with Gasteiger partial charge in [0.15, 0.2) is 0 Å². The molecule has 1 N–H and O–H groups in total. The highest BCUT2D eigenvalue weighted by molar-refractivity contribution is 5.94. The van der Waals surface area contributed by atoms with E-state index in [1.807, 2.05) is 13.8 Å². The molecule has 2 aromatic rings. The molecule has 0 radical (unpaired) electrons. The Balaban J connectivity index is 2.34. The van der Waals surface area contributed by atoms with Crippen LogP contribution in [-0.4, -0.2) is 42.0 Å². The zero-order valence-electron chi connectivity index (χ0n) is 13.5. The fraction of sp³-hybridized carbons (Fsp3) is 0.438. The van der Waals surface area contributed by atoms with Gasteiger partial charge in [-0.3, -0.25) is 15.1 Å². The van der Waals surface area contributed by atoms with Crippen LogP contribution < -0.4 is 5.32 Å². The smallest absolute Gasteiger partial charge is 0.271 e. The first-order valence-electron chi connectivity index (χ1n) is 7.34. The first-order chi connectivity index (χ1) is 10.4. The summed E-state index contributed by atoms with van der Waals surface area (Å²) in [6.45, 7) is 5.82. The number of aromatic nitrogens is 1. The molecule has 118 valence electrons. The van der Waals surface area contributed by atoms with Crippen molar-refractivity contribution in [3.05, 3.63) is 39.6 Å². The molecular formula is C16H22N4O2. The van der Waals surface area contributed by atoms with Crippen LogP contribution in [0.1, 0.15) is 17.7 Å². The average molecular weight is 302 g/mol. The number of fused-ring (bicyclic) bond motifs is 1. The average Bonchev–Trinajstić information content (AvgIpc) is 2.46. The van der Waals surface area contributed by atoms with Crippen LogP contribution in [-0.2, 0) is 0 Å². The van der Waals surface area contributed by atoms with E-state index in [1.165, 1.54) is 12.1 Å². The van der Waals surface area contributed by atoms with Crippen molar-refractivity contribution in [2.24, 2.45) is 0 Å². The topological polar surface area (TPSA) is 71.3 Å². The summed E-state index contributed by atoms with van der Waals surface area (Å²) in [5.74, 6) is 0. The number of nitro groups is 1. The Kier molecular flexibility index (Phi) is 4.92. The van der Waals surface area contributed by atoms with Gasteiger partial charge >= 0.3 is 0 Å². The van der Waals surface area contributed by atoms with E-state index < -0.39 is 0 Å². The van der Waals surface area contributed by atoms with Gasteiger partial charge in [-0.25, -0.2) is 0 Å². The number of aryl methyl sites for hydroxylation is 1. The van der Waals surface area contributed by atoms with Crippen LogP contribution in [0.15, 0.2) is 18.2 Å². The Labute approximate surface area is 130 Å². The van der Waals surface area contributed by atoms with Crippen LogP contribution in [0.3, 0.4) is 0 Å². The monoisotopic (exact) mass is 302 g/mol. The normalized spacial score (nSPS) is 11.1. The summed E-state index contributed by atoms with van der Waals surface area (Å²) in [5.41, 5.74) is 3.74. The van der Waals surface area contributed by atoms with Gasteiger partial charge in [0.2, 0.25) is 0 Å². The summed E-state index contributed by atoms with van der Waals surface area (Å²) in [6.07, 6.45) is 1.03. The molecule has 0 atom stereocenters. The van der Waals surface area contributed by atoms with Gasteiger partial charge in [0, 0.05) is 35.4 Å². The van der Waals surface area contributed by atoms with Gasteiger partial charge in [-0.05, 0) is 52.5 Å². The molecule has 0 aliphatic carbocycles. The van der Waals surface area contributed by atoms with Crippen LogP contribution in [0, 0.1) is 24.0 Å². The van der Waals surface area contributed by atoms with Gasteiger partial charge in [0.25, 0.3) is 5.69 Å². The van der Waals surface area contributed by atoms with E-state index in [1.54, 1.807) is 6.07 Å². The van der Waals surface area contributed by atoms with Gasteiger partial charge in [-0.15, -0.1) is 0 Å². The van der Waals surface area contributed by atoms with Gasteiger partial charge in [0.05, 0.1) is 10.4 Å². The lowest BCUT2D eigenvalue weighted by Gasteiger charge is -2.15. The Bertz CT molecular complexity index is 698. The van der Waals surface area contributed by atoms with Crippen molar-refractivity contribution >= 4 is 22.3 Å². The minimum atomic E-state index is -0.388. The predicted molar refractivity (Wildman–Crippen MR) is 89.5 cm³/mol. The summed E-state index contributed by atoms with van der Waals surface area (Å²) in [6, 6.07) is 4.84. The first-order valence-corrected chi connectivity index (χ1v) is 7.34. The maximum atomic E-state index is 10.9. The quantitative estimate of drug-likeness (QED) is 0.504. The highest BCUT2D eigenvalue weighted by Crippen LogP contribution is 2.30. The Morgan fingerprint density at radius 2 is 2.05 bits per heavy atom. The van der Waals surface area contributed by atoms with Gasteiger partial charge < -0.3 is 10.2 Å². The number of pyridine rings is 1. The number of nitrogens with zero attached hydrogens (tertiary/aromatic N) is 3. The van der Waals surface area contributed by atoms with E-state index in [0.717, 1.165) is 41.8 Å². The van der Waals surface area contributed by atoms with Crippen molar-refractivity contribution in [3.8, 4) is 0 Å². The molecule has 0 aliphatic rings. The molecule has 1 aromatic heterocycles. The van der Waals surface area contributed by atoms with Gasteiger partial charge in [0.1, 0.15) is 0 Å². The van der Waals surface area contributed by atoms with Crippen LogP contribution in [0.4, 0.5) is 11.4 Å². The fourth-order valence-electron chi connectivity index (χ4n) is 2.42. The number of non-ortho nitro benzene ring substituents is 1.